The Bertz CT molecular complexity index is 461. The first kappa shape index (κ1) is 9.70. The van der Waals surface area contributed by atoms with E-state index in [-0.39, 0.29) is 0 Å². The average molecular weight is 210 g/mol. The van der Waals surface area contributed by atoms with Crippen LogP contribution in [0, 0.1) is 0 Å². The van der Waals surface area contributed by atoms with E-state index >= 15 is 0 Å². The molecule has 0 unspecified atom stereocenters. The van der Waals surface area contributed by atoms with Gasteiger partial charge in [-0.1, -0.05) is 0 Å². The monoisotopic (exact) mass is 210 g/mol. The fraction of sp³-hybridized carbons (Fsp3) is 0.222. The highest BCUT2D eigenvalue weighted by Crippen LogP contribution is 2.10. The minimum absolute atomic E-state index is 0.378. The quantitative estimate of drug-likeness (QED) is 0.837. The molecular formula is C9H8F2N4. The molecule has 0 saturated carbocycles. The minimum atomic E-state index is -2.40. The molecule has 0 fully saturated rings. The molecule has 0 bridgehead atoms. The lowest BCUT2D eigenvalue weighted by Gasteiger charge is -2.04. The van der Waals surface area contributed by atoms with Crippen LogP contribution >= 0.6 is 0 Å². The van der Waals surface area contributed by atoms with E-state index in [2.05, 4.69) is 20.3 Å². The Balaban J connectivity index is 2.23. The summed E-state index contributed by atoms with van der Waals surface area (Å²) in [7, 11) is 0. The summed E-state index contributed by atoms with van der Waals surface area (Å²) < 4.78 is 23.8. The largest absolute Gasteiger partial charge is 0.364 e. The Labute approximate surface area is 84.4 Å². The number of pyridine rings is 1. The molecule has 2 heterocycles. The molecule has 0 amide bonds. The average Bonchev–Trinajstić information content (AvgIpc) is 2.26. The van der Waals surface area contributed by atoms with Gasteiger partial charge in [0.05, 0.1) is 6.54 Å². The van der Waals surface area contributed by atoms with Crippen molar-refractivity contribution >= 4 is 17.0 Å². The van der Waals surface area contributed by atoms with Gasteiger partial charge in [0.2, 0.25) is 0 Å². The van der Waals surface area contributed by atoms with Crippen molar-refractivity contribution in [2.75, 3.05) is 11.9 Å². The molecule has 0 atom stereocenters. The molecule has 0 aliphatic rings. The van der Waals surface area contributed by atoms with Crippen molar-refractivity contribution in [3.8, 4) is 0 Å². The molecule has 0 aliphatic heterocycles. The van der Waals surface area contributed by atoms with Gasteiger partial charge in [-0.05, 0) is 12.1 Å². The third kappa shape index (κ3) is 2.34. The topological polar surface area (TPSA) is 50.7 Å². The summed E-state index contributed by atoms with van der Waals surface area (Å²) in [6.07, 6.45) is 0.659. The van der Waals surface area contributed by atoms with Crippen molar-refractivity contribution in [2.45, 2.75) is 6.43 Å². The predicted molar refractivity (Wildman–Crippen MR) is 51.8 cm³/mol. The molecule has 0 radical (unpaired) electrons. The lowest BCUT2D eigenvalue weighted by atomic mass is 10.4. The van der Waals surface area contributed by atoms with E-state index in [0.29, 0.717) is 17.0 Å². The normalized spacial score (nSPS) is 10.9. The predicted octanol–water partition coefficient (Wildman–Crippen LogP) is 1.70. The molecule has 2 aromatic heterocycles. The molecule has 1 N–H and O–H groups in total. The summed E-state index contributed by atoms with van der Waals surface area (Å²) in [6, 6.07) is 3.28. The Morgan fingerprint density at radius 3 is 2.80 bits per heavy atom. The summed E-state index contributed by atoms with van der Waals surface area (Å²) in [6.45, 7) is -0.418. The second-order valence-electron chi connectivity index (χ2n) is 2.87. The molecule has 15 heavy (non-hydrogen) atoms. The van der Waals surface area contributed by atoms with Crippen molar-refractivity contribution < 1.29 is 8.78 Å². The number of hydrogen-bond donors (Lipinski definition) is 1. The van der Waals surface area contributed by atoms with Gasteiger partial charge in [-0.2, -0.15) is 0 Å². The summed E-state index contributed by atoms with van der Waals surface area (Å²) in [4.78, 5) is 12.0. The zero-order chi connectivity index (χ0) is 10.7. The Kier molecular flexibility index (Phi) is 2.66. The van der Waals surface area contributed by atoms with Crippen molar-refractivity contribution in [2.24, 2.45) is 0 Å². The van der Waals surface area contributed by atoms with E-state index in [4.69, 9.17) is 0 Å². The molecular weight excluding hydrogens is 202 g/mol. The standard InChI is InChI=1S/C9H8F2N4/c10-7(11)5-14-8-2-1-6-9(15-8)13-4-3-12-6/h1-4,7H,5H2,(H,13,14,15). The van der Waals surface area contributed by atoms with Crippen LogP contribution in [0.3, 0.4) is 0 Å². The number of anilines is 1. The highest BCUT2D eigenvalue weighted by Gasteiger charge is 2.03. The maximum absolute atomic E-state index is 11.9. The third-order valence-electron chi connectivity index (χ3n) is 1.77. The van der Waals surface area contributed by atoms with Gasteiger partial charge in [0.15, 0.2) is 5.65 Å². The highest BCUT2D eigenvalue weighted by molar-refractivity contribution is 5.71. The fourth-order valence-corrected chi connectivity index (χ4v) is 1.13. The number of fused-ring (bicyclic) bond motifs is 1. The van der Waals surface area contributed by atoms with E-state index in [0.717, 1.165) is 0 Å². The number of hydrogen-bond acceptors (Lipinski definition) is 4. The zero-order valence-corrected chi connectivity index (χ0v) is 7.69. The van der Waals surface area contributed by atoms with Gasteiger partial charge in [0, 0.05) is 12.4 Å². The number of nitrogens with zero attached hydrogens (tertiary/aromatic N) is 3. The second kappa shape index (κ2) is 4.12. The summed E-state index contributed by atoms with van der Waals surface area (Å²) >= 11 is 0. The Morgan fingerprint density at radius 2 is 2.00 bits per heavy atom. The van der Waals surface area contributed by atoms with Crippen molar-refractivity contribution in [3.05, 3.63) is 24.5 Å². The van der Waals surface area contributed by atoms with E-state index in [9.17, 15) is 8.78 Å². The van der Waals surface area contributed by atoms with Gasteiger partial charge < -0.3 is 5.32 Å². The molecule has 4 nitrogen and oxygen atoms in total. The Hall–Kier alpha value is -1.85. The van der Waals surface area contributed by atoms with Gasteiger partial charge in [0.1, 0.15) is 11.3 Å². The van der Waals surface area contributed by atoms with Gasteiger partial charge in [0.25, 0.3) is 6.43 Å². The maximum atomic E-state index is 11.9. The number of rotatable bonds is 3. The molecule has 2 aromatic rings. The molecule has 2 rings (SSSR count). The van der Waals surface area contributed by atoms with Crippen molar-refractivity contribution in [1.82, 2.24) is 15.0 Å². The third-order valence-corrected chi connectivity index (χ3v) is 1.77. The van der Waals surface area contributed by atoms with Gasteiger partial charge in [-0.25, -0.2) is 18.7 Å². The molecule has 0 aliphatic carbocycles. The summed E-state index contributed by atoms with van der Waals surface area (Å²) in [5, 5.41) is 2.51. The lowest BCUT2D eigenvalue weighted by molar-refractivity contribution is 0.163. The Morgan fingerprint density at radius 1 is 1.20 bits per heavy atom. The number of aromatic nitrogens is 3. The highest BCUT2D eigenvalue weighted by atomic mass is 19.3. The van der Waals surface area contributed by atoms with Crippen LogP contribution in [0.1, 0.15) is 0 Å². The fourth-order valence-electron chi connectivity index (χ4n) is 1.13. The SMILES string of the molecule is FC(F)CNc1ccc2nccnc2n1. The van der Waals surface area contributed by atoms with E-state index in [1.54, 1.807) is 18.3 Å². The van der Waals surface area contributed by atoms with E-state index in [1.165, 1.54) is 6.20 Å². The van der Waals surface area contributed by atoms with Crippen LogP contribution in [0.15, 0.2) is 24.5 Å². The molecule has 0 aromatic carbocycles. The van der Waals surface area contributed by atoms with Crippen molar-refractivity contribution in [1.29, 1.82) is 0 Å². The van der Waals surface area contributed by atoms with Crippen LogP contribution < -0.4 is 5.32 Å². The van der Waals surface area contributed by atoms with Crippen LogP contribution in [0.25, 0.3) is 11.2 Å². The first-order valence-corrected chi connectivity index (χ1v) is 4.35. The van der Waals surface area contributed by atoms with Crippen LogP contribution in [0.2, 0.25) is 0 Å². The zero-order valence-electron chi connectivity index (χ0n) is 7.69. The molecule has 78 valence electrons. The number of nitrogens with one attached hydrogen (secondary N) is 1. The van der Waals surface area contributed by atoms with Gasteiger partial charge in [-0.15, -0.1) is 0 Å². The van der Waals surface area contributed by atoms with E-state index in [1.807, 2.05) is 0 Å². The molecule has 0 spiro atoms. The first-order chi connectivity index (χ1) is 7.25. The number of halogens is 2. The second-order valence-corrected chi connectivity index (χ2v) is 2.87. The van der Waals surface area contributed by atoms with Crippen LogP contribution in [0.5, 0.6) is 0 Å². The maximum Gasteiger partial charge on any atom is 0.255 e. The van der Waals surface area contributed by atoms with Gasteiger partial charge >= 0.3 is 0 Å². The van der Waals surface area contributed by atoms with Gasteiger partial charge in [-0.3, -0.25) is 4.98 Å². The smallest absolute Gasteiger partial charge is 0.255 e. The van der Waals surface area contributed by atoms with Crippen LogP contribution in [-0.2, 0) is 0 Å². The number of alkyl halides is 2. The summed E-state index contributed by atoms with van der Waals surface area (Å²) in [5.41, 5.74) is 1.08. The molecule has 0 saturated heterocycles. The minimum Gasteiger partial charge on any atom is -0.364 e. The molecule has 6 heteroatoms. The first-order valence-electron chi connectivity index (χ1n) is 4.35. The van der Waals surface area contributed by atoms with Crippen LogP contribution in [-0.4, -0.2) is 27.9 Å². The van der Waals surface area contributed by atoms with Crippen LogP contribution in [0.4, 0.5) is 14.6 Å². The summed E-state index contributed by atoms with van der Waals surface area (Å²) in [5.74, 6) is 0.378. The van der Waals surface area contributed by atoms with E-state index < -0.39 is 13.0 Å². The van der Waals surface area contributed by atoms with Crippen molar-refractivity contribution in [3.63, 3.8) is 0 Å². The lowest BCUT2D eigenvalue weighted by Crippen LogP contribution is -2.11.